The summed E-state index contributed by atoms with van der Waals surface area (Å²) in [4.78, 5) is 14.7. The molecule has 0 saturated carbocycles. The molecular formula is C13H15ClN4. The number of pyridine rings is 1. The number of aryl methyl sites for hydroxylation is 2. The maximum absolute atomic E-state index is 6.13. The van der Waals surface area contributed by atoms with Crippen LogP contribution < -0.4 is 4.90 Å². The lowest BCUT2D eigenvalue weighted by Crippen LogP contribution is -2.19. The molecule has 0 fully saturated rings. The van der Waals surface area contributed by atoms with Gasteiger partial charge in [0.25, 0.3) is 0 Å². The largest absolute Gasteiger partial charge is 0.353 e. The predicted octanol–water partition coefficient (Wildman–Crippen LogP) is 2.78. The molecular weight excluding hydrogens is 248 g/mol. The van der Waals surface area contributed by atoms with Crippen molar-refractivity contribution in [3.8, 4) is 0 Å². The Hall–Kier alpha value is -1.68. The van der Waals surface area contributed by atoms with Crippen molar-refractivity contribution in [3.05, 3.63) is 46.6 Å². The highest BCUT2D eigenvalue weighted by Gasteiger charge is 2.11. The fourth-order valence-corrected chi connectivity index (χ4v) is 1.96. The van der Waals surface area contributed by atoms with E-state index in [-0.39, 0.29) is 0 Å². The molecule has 0 atom stereocenters. The van der Waals surface area contributed by atoms with E-state index in [1.54, 1.807) is 12.4 Å². The van der Waals surface area contributed by atoms with Crippen molar-refractivity contribution in [2.45, 2.75) is 20.4 Å². The molecule has 2 heterocycles. The SMILES string of the molecule is Cc1nc(Cl)c(N(C)Cc2ccncc2)nc1C. The van der Waals surface area contributed by atoms with E-state index < -0.39 is 0 Å². The molecule has 0 bridgehead atoms. The maximum atomic E-state index is 6.13. The molecule has 0 aliphatic heterocycles. The van der Waals surface area contributed by atoms with Gasteiger partial charge in [-0.05, 0) is 31.5 Å². The minimum Gasteiger partial charge on any atom is -0.353 e. The highest BCUT2D eigenvalue weighted by molar-refractivity contribution is 6.31. The number of nitrogens with zero attached hydrogens (tertiary/aromatic N) is 4. The van der Waals surface area contributed by atoms with Crippen LogP contribution in [0.5, 0.6) is 0 Å². The first-order chi connectivity index (χ1) is 8.58. The average Bonchev–Trinajstić information content (AvgIpc) is 2.35. The number of hydrogen-bond acceptors (Lipinski definition) is 4. The number of halogens is 1. The second-order valence-electron chi connectivity index (χ2n) is 4.22. The summed E-state index contributed by atoms with van der Waals surface area (Å²) in [7, 11) is 1.95. The van der Waals surface area contributed by atoms with Gasteiger partial charge in [-0.3, -0.25) is 4.98 Å². The van der Waals surface area contributed by atoms with Crippen molar-refractivity contribution >= 4 is 17.4 Å². The molecule has 2 aromatic rings. The standard InChI is InChI=1S/C13H15ClN4/c1-9-10(2)17-13(12(14)16-9)18(3)8-11-4-6-15-7-5-11/h4-7H,8H2,1-3H3. The quantitative estimate of drug-likeness (QED) is 0.853. The molecule has 0 radical (unpaired) electrons. The highest BCUT2D eigenvalue weighted by atomic mass is 35.5. The van der Waals surface area contributed by atoms with E-state index in [4.69, 9.17) is 11.6 Å². The lowest BCUT2D eigenvalue weighted by atomic mass is 10.2. The monoisotopic (exact) mass is 262 g/mol. The molecule has 94 valence electrons. The molecule has 0 aliphatic carbocycles. The minimum atomic E-state index is 0.439. The zero-order chi connectivity index (χ0) is 13.1. The second kappa shape index (κ2) is 5.31. The van der Waals surface area contributed by atoms with E-state index in [0.717, 1.165) is 23.5 Å². The van der Waals surface area contributed by atoms with Crippen LogP contribution in [0, 0.1) is 13.8 Å². The first kappa shape index (κ1) is 12.8. The Kier molecular flexibility index (Phi) is 3.77. The molecule has 0 amide bonds. The molecule has 4 nitrogen and oxygen atoms in total. The summed E-state index contributed by atoms with van der Waals surface area (Å²) in [6.07, 6.45) is 3.55. The Morgan fingerprint density at radius 1 is 1.11 bits per heavy atom. The summed E-state index contributed by atoms with van der Waals surface area (Å²) < 4.78 is 0. The first-order valence-electron chi connectivity index (χ1n) is 5.68. The third-order valence-corrected chi connectivity index (χ3v) is 3.03. The lowest BCUT2D eigenvalue weighted by Gasteiger charge is -2.19. The van der Waals surface area contributed by atoms with Crippen LogP contribution in [0.25, 0.3) is 0 Å². The van der Waals surface area contributed by atoms with Crippen LogP contribution in [0.1, 0.15) is 17.0 Å². The summed E-state index contributed by atoms with van der Waals surface area (Å²) >= 11 is 6.13. The van der Waals surface area contributed by atoms with Gasteiger partial charge in [0.05, 0.1) is 11.4 Å². The summed E-state index contributed by atoms with van der Waals surface area (Å²) in [6.45, 7) is 4.56. The van der Waals surface area contributed by atoms with Crippen LogP contribution in [-0.2, 0) is 6.54 Å². The molecule has 0 N–H and O–H groups in total. The van der Waals surface area contributed by atoms with Crippen LogP contribution in [0.3, 0.4) is 0 Å². The minimum absolute atomic E-state index is 0.439. The smallest absolute Gasteiger partial charge is 0.171 e. The third-order valence-electron chi connectivity index (χ3n) is 2.78. The Bertz CT molecular complexity index is 542. The van der Waals surface area contributed by atoms with Gasteiger partial charge >= 0.3 is 0 Å². The zero-order valence-electron chi connectivity index (χ0n) is 10.7. The molecule has 0 aromatic carbocycles. The second-order valence-corrected chi connectivity index (χ2v) is 4.58. The summed E-state index contributed by atoms with van der Waals surface area (Å²) in [5, 5.41) is 0.439. The molecule has 2 aromatic heterocycles. The molecule has 18 heavy (non-hydrogen) atoms. The van der Waals surface area contributed by atoms with Crippen molar-refractivity contribution in [2.24, 2.45) is 0 Å². The lowest BCUT2D eigenvalue weighted by molar-refractivity contribution is 0.874. The molecule has 0 aliphatic rings. The van der Waals surface area contributed by atoms with E-state index in [2.05, 4.69) is 15.0 Å². The van der Waals surface area contributed by atoms with Crippen LogP contribution in [0.4, 0.5) is 5.82 Å². The van der Waals surface area contributed by atoms with Gasteiger partial charge < -0.3 is 4.90 Å². The van der Waals surface area contributed by atoms with Gasteiger partial charge in [0.1, 0.15) is 0 Å². The van der Waals surface area contributed by atoms with E-state index in [9.17, 15) is 0 Å². The fourth-order valence-electron chi connectivity index (χ4n) is 1.64. The maximum Gasteiger partial charge on any atom is 0.171 e. The van der Waals surface area contributed by atoms with E-state index in [1.807, 2.05) is 37.9 Å². The van der Waals surface area contributed by atoms with Crippen LogP contribution >= 0.6 is 11.6 Å². The molecule has 0 spiro atoms. The summed E-state index contributed by atoms with van der Waals surface area (Å²) in [5.74, 6) is 0.705. The van der Waals surface area contributed by atoms with Crippen molar-refractivity contribution in [1.29, 1.82) is 0 Å². The zero-order valence-corrected chi connectivity index (χ0v) is 11.4. The Morgan fingerprint density at radius 3 is 2.39 bits per heavy atom. The van der Waals surface area contributed by atoms with E-state index in [1.165, 1.54) is 0 Å². The Balaban J connectivity index is 2.24. The topological polar surface area (TPSA) is 41.9 Å². The number of rotatable bonds is 3. The van der Waals surface area contributed by atoms with Crippen LogP contribution in [0.2, 0.25) is 5.15 Å². The Labute approximate surface area is 112 Å². The molecule has 0 saturated heterocycles. The van der Waals surface area contributed by atoms with Crippen molar-refractivity contribution in [3.63, 3.8) is 0 Å². The van der Waals surface area contributed by atoms with Crippen molar-refractivity contribution in [1.82, 2.24) is 15.0 Å². The number of aromatic nitrogens is 3. The average molecular weight is 263 g/mol. The van der Waals surface area contributed by atoms with Gasteiger partial charge in [0.15, 0.2) is 11.0 Å². The highest BCUT2D eigenvalue weighted by Crippen LogP contribution is 2.22. The molecule has 5 heteroatoms. The van der Waals surface area contributed by atoms with Crippen molar-refractivity contribution in [2.75, 3.05) is 11.9 Å². The first-order valence-corrected chi connectivity index (χ1v) is 6.06. The molecule has 0 unspecified atom stereocenters. The molecule has 2 rings (SSSR count). The van der Waals surface area contributed by atoms with Crippen LogP contribution in [0.15, 0.2) is 24.5 Å². The van der Waals surface area contributed by atoms with Gasteiger partial charge in [0, 0.05) is 26.0 Å². The predicted molar refractivity (Wildman–Crippen MR) is 72.9 cm³/mol. The van der Waals surface area contributed by atoms with Crippen LogP contribution in [-0.4, -0.2) is 22.0 Å². The van der Waals surface area contributed by atoms with Gasteiger partial charge in [-0.2, -0.15) is 0 Å². The normalized spacial score (nSPS) is 10.4. The third kappa shape index (κ3) is 2.76. The van der Waals surface area contributed by atoms with E-state index >= 15 is 0 Å². The van der Waals surface area contributed by atoms with Crippen molar-refractivity contribution < 1.29 is 0 Å². The summed E-state index contributed by atoms with van der Waals surface area (Å²) in [6, 6.07) is 3.94. The van der Waals surface area contributed by atoms with Gasteiger partial charge in [-0.15, -0.1) is 0 Å². The van der Waals surface area contributed by atoms with Gasteiger partial charge in [-0.25, -0.2) is 9.97 Å². The fraction of sp³-hybridized carbons (Fsp3) is 0.308. The van der Waals surface area contributed by atoms with Gasteiger partial charge in [0.2, 0.25) is 0 Å². The van der Waals surface area contributed by atoms with E-state index in [0.29, 0.717) is 11.0 Å². The van der Waals surface area contributed by atoms with Gasteiger partial charge in [-0.1, -0.05) is 11.6 Å². The number of anilines is 1. The number of hydrogen-bond donors (Lipinski definition) is 0. The Morgan fingerprint density at radius 2 is 1.72 bits per heavy atom. The summed E-state index contributed by atoms with van der Waals surface area (Å²) in [5.41, 5.74) is 2.92.